The van der Waals surface area contributed by atoms with Gasteiger partial charge in [-0.25, -0.2) is 0 Å². The van der Waals surface area contributed by atoms with E-state index in [2.05, 4.69) is 0 Å². The molecule has 82 valence electrons. The van der Waals surface area contributed by atoms with Gasteiger partial charge in [0, 0.05) is 24.4 Å². The molecule has 0 saturated heterocycles. The summed E-state index contributed by atoms with van der Waals surface area (Å²) >= 11 is 0. The summed E-state index contributed by atoms with van der Waals surface area (Å²) in [6.07, 6.45) is 0. The van der Waals surface area contributed by atoms with Gasteiger partial charge in [0.2, 0.25) is 0 Å². The molecule has 1 heterocycles. The normalized spacial score (nSPS) is 14.7. The molecule has 4 heteroatoms. The number of ether oxygens (including phenoxy) is 3. The molecule has 0 saturated carbocycles. The van der Waals surface area contributed by atoms with Gasteiger partial charge in [-0.2, -0.15) is 0 Å². The van der Waals surface area contributed by atoms with E-state index in [9.17, 15) is 0 Å². The molecular formula is C11H15NO3. The first-order valence-corrected chi connectivity index (χ1v) is 4.80. The number of fused-ring (bicyclic) bond motifs is 1. The molecule has 0 amide bonds. The maximum Gasteiger partial charge on any atom is 0.162 e. The van der Waals surface area contributed by atoms with Crippen molar-refractivity contribution in [2.45, 2.75) is 6.61 Å². The Balaban J connectivity index is 2.48. The zero-order valence-electron chi connectivity index (χ0n) is 9.24. The average molecular weight is 209 g/mol. The molecule has 2 rings (SSSR count). The number of methoxy groups -OCH3 is 2. The molecule has 0 fully saturated rings. The van der Waals surface area contributed by atoms with Crippen LogP contribution in [-0.2, 0) is 11.3 Å². The zero-order valence-corrected chi connectivity index (χ0v) is 9.24. The van der Waals surface area contributed by atoms with Gasteiger partial charge in [0.15, 0.2) is 11.5 Å². The number of nitrogens with zero attached hydrogens (tertiary/aromatic N) is 1. The van der Waals surface area contributed by atoms with E-state index in [-0.39, 0.29) is 0 Å². The van der Waals surface area contributed by atoms with Crippen LogP contribution in [0.5, 0.6) is 11.5 Å². The number of hydrogen-bond donors (Lipinski definition) is 0. The summed E-state index contributed by atoms with van der Waals surface area (Å²) in [5.41, 5.74) is 2.26. The first-order valence-electron chi connectivity index (χ1n) is 4.80. The van der Waals surface area contributed by atoms with Gasteiger partial charge in [0.25, 0.3) is 0 Å². The smallest absolute Gasteiger partial charge is 0.162 e. The van der Waals surface area contributed by atoms with Gasteiger partial charge < -0.3 is 19.1 Å². The number of hydrogen-bond acceptors (Lipinski definition) is 4. The summed E-state index contributed by atoms with van der Waals surface area (Å²) in [5.74, 6) is 1.50. The van der Waals surface area contributed by atoms with Crippen molar-refractivity contribution in [1.82, 2.24) is 0 Å². The van der Waals surface area contributed by atoms with Crippen LogP contribution in [0.3, 0.4) is 0 Å². The number of anilines is 1. The highest BCUT2D eigenvalue weighted by atomic mass is 16.5. The van der Waals surface area contributed by atoms with Gasteiger partial charge in [-0.3, -0.25) is 0 Å². The molecule has 0 N–H and O–H groups in total. The largest absolute Gasteiger partial charge is 0.493 e. The Bertz CT molecular complexity index is 365. The van der Waals surface area contributed by atoms with Crippen molar-refractivity contribution in [3.8, 4) is 11.5 Å². The second kappa shape index (κ2) is 3.98. The topological polar surface area (TPSA) is 30.9 Å². The van der Waals surface area contributed by atoms with E-state index in [1.165, 1.54) is 0 Å². The Kier molecular flexibility index (Phi) is 2.68. The van der Waals surface area contributed by atoms with E-state index in [1.54, 1.807) is 14.2 Å². The first kappa shape index (κ1) is 10.1. The molecule has 0 unspecified atom stereocenters. The predicted octanol–water partition coefficient (Wildman–Crippen LogP) is 1.63. The molecule has 0 atom stereocenters. The van der Waals surface area contributed by atoms with Crippen LogP contribution in [0.4, 0.5) is 5.69 Å². The molecule has 1 aliphatic heterocycles. The standard InChI is InChI=1S/C11H15NO3/c1-12-7-15-6-8-4-10(13-2)11(14-3)5-9(8)12/h4-5H,6-7H2,1-3H3. The van der Waals surface area contributed by atoms with E-state index in [0.29, 0.717) is 13.3 Å². The van der Waals surface area contributed by atoms with Crippen LogP contribution < -0.4 is 14.4 Å². The lowest BCUT2D eigenvalue weighted by Crippen LogP contribution is -2.26. The molecule has 4 nitrogen and oxygen atoms in total. The van der Waals surface area contributed by atoms with Gasteiger partial charge in [-0.05, 0) is 6.07 Å². The molecule has 0 radical (unpaired) electrons. The maximum atomic E-state index is 5.41. The third-order valence-electron chi connectivity index (χ3n) is 2.54. The van der Waals surface area contributed by atoms with Gasteiger partial charge in [-0.1, -0.05) is 0 Å². The Morgan fingerprint density at radius 3 is 2.53 bits per heavy atom. The van der Waals surface area contributed by atoms with Crippen LogP contribution in [-0.4, -0.2) is 28.0 Å². The third kappa shape index (κ3) is 1.72. The molecule has 0 aromatic heterocycles. The molecule has 0 bridgehead atoms. The van der Waals surface area contributed by atoms with Gasteiger partial charge in [0.1, 0.15) is 6.73 Å². The molecule has 1 aliphatic rings. The summed E-state index contributed by atoms with van der Waals surface area (Å²) in [4.78, 5) is 2.04. The maximum absolute atomic E-state index is 5.41. The predicted molar refractivity (Wildman–Crippen MR) is 57.6 cm³/mol. The molecule has 15 heavy (non-hydrogen) atoms. The van der Waals surface area contributed by atoms with Crippen LogP contribution in [0, 0.1) is 0 Å². The summed E-state index contributed by atoms with van der Waals surface area (Å²) in [5, 5.41) is 0. The van der Waals surface area contributed by atoms with Crippen LogP contribution in [0.1, 0.15) is 5.56 Å². The highest BCUT2D eigenvalue weighted by Crippen LogP contribution is 2.36. The SMILES string of the molecule is COc1cc2c(cc1OC)N(C)COC2. The van der Waals surface area contributed by atoms with Crippen molar-refractivity contribution >= 4 is 5.69 Å². The Hall–Kier alpha value is -1.42. The molecule has 0 spiro atoms. The average Bonchev–Trinajstić information content (AvgIpc) is 2.28. The Morgan fingerprint density at radius 1 is 1.20 bits per heavy atom. The molecule has 0 aliphatic carbocycles. The fourth-order valence-corrected chi connectivity index (χ4v) is 1.74. The highest BCUT2D eigenvalue weighted by molar-refractivity contribution is 5.62. The van der Waals surface area contributed by atoms with E-state index in [4.69, 9.17) is 14.2 Å². The van der Waals surface area contributed by atoms with Crippen LogP contribution in [0.15, 0.2) is 12.1 Å². The fourth-order valence-electron chi connectivity index (χ4n) is 1.74. The zero-order chi connectivity index (χ0) is 10.8. The minimum Gasteiger partial charge on any atom is -0.493 e. The summed E-state index contributed by atoms with van der Waals surface area (Å²) in [6.45, 7) is 1.24. The van der Waals surface area contributed by atoms with E-state index < -0.39 is 0 Å². The summed E-state index contributed by atoms with van der Waals surface area (Å²) in [7, 11) is 5.27. The van der Waals surface area contributed by atoms with E-state index in [1.807, 2.05) is 24.1 Å². The van der Waals surface area contributed by atoms with E-state index in [0.717, 1.165) is 22.7 Å². The lowest BCUT2D eigenvalue weighted by Gasteiger charge is -2.28. The number of benzene rings is 1. The van der Waals surface area contributed by atoms with Gasteiger partial charge in [-0.15, -0.1) is 0 Å². The van der Waals surface area contributed by atoms with Crippen molar-refractivity contribution < 1.29 is 14.2 Å². The third-order valence-corrected chi connectivity index (χ3v) is 2.54. The first-order chi connectivity index (χ1) is 7.26. The van der Waals surface area contributed by atoms with Crippen molar-refractivity contribution in [2.75, 3.05) is 32.9 Å². The molecule has 1 aromatic rings. The van der Waals surface area contributed by atoms with Crippen molar-refractivity contribution in [3.05, 3.63) is 17.7 Å². The van der Waals surface area contributed by atoms with Crippen LogP contribution >= 0.6 is 0 Å². The van der Waals surface area contributed by atoms with Crippen molar-refractivity contribution in [1.29, 1.82) is 0 Å². The monoisotopic (exact) mass is 209 g/mol. The van der Waals surface area contributed by atoms with Gasteiger partial charge in [0.05, 0.1) is 20.8 Å². The highest BCUT2D eigenvalue weighted by Gasteiger charge is 2.17. The van der Waals surface area contributed by atoms with Crippen LogP contribution in [0.2, 0.25) is 0 Å². The van der Waals surface area contributed by atoms with Crippen LogP contribution in [0.25, 0.3) is 0 Å². The van der Waals surface area contributed by atoms with Gasteiger partial charge >= 0.3 is 0 Å². The van der Waals surface area contributed by atoms with E-state index >= 15 is 0 Å². The quantitative estimate of drug-likeness (QED) is 0.740. The number of rotatable bonds is 2. The Labute approximate surface area is 89.4 Å². The molecule has 1 aromatic carbocycles. The lowest BCUT2D eigenvalue weighted by atomic mass is 10.1. The summed E-state index contributed by atoms with van der Waals surface area (Å²) < 4.78 is 15.9. The van der Waals surface area contributed by atoms with Crippen molar-refractivity contribution in [2.24, 2.45) is 0 Å². The lowest BCUT2D eigenvalue weighted by molar-refractivity contribution is 0.113. The van der Waals surface area contributed by atoms with Crippen molar-refractivity contribution in [3.63, 3.8) is 0 Å². The molecular weight excluding hydrogens is 194 g/mol. The second-order valence-corrected chi connectivity index (χ2v) is 3.51. The fraction of sp³-hybridized carbons (Fsp3) is 0.455. The second-order valence-electron chi connectivity index (χ2n) is 3.51. The summed E-state index contributed by atoms with van der Waals surface area (Å²) in [6, 6.07) is 3.94. The minimum atomic E-state index is 0.614. The Morgan fingerprint density at radius 2 is 1.87 bits per heavy atom. The minimum absolute atomic E-state index is 0.614.